The lowest BCUT2D eigenvalue weighted by Gasteiger charge is -2.36. The number of carbonyl (C=O) groups excluding carboxylic acids is 1. The molecule has 2 aliphatic rings. The number of aromatic nitrogens is 4. The van der Waals surface area contributed by atoms with Crippen molar-refractivity contribution < 1.29 is 4.79 Å². The average molecular weight is 496 g/mol. The number of para-hydroxylation sites is 1. The molecular formula is C29H33N7O. The van der Waals surface area contributed by atoms with Crippen molar-refractivity contribution >= 4 is 28.4 Å². The van der Waals surface area contributed by atoms with Gasteiger partial charge < -0.3 is 15.5 Å². The van der Waals surface area contributed by atoms with Gasteiger partial charge in [-0.2, -0.15) is 5.10 Å². The third kappa shape index (κ3) is 5.06. The van der Waals surface area contributed by atoms with E-state index in [2.05, 4.69) is 60.8 Å². The number of rotatable bonds is 6. The van der Waals surface area contributed by atoms with Gasteiger partial charge in [0.25, 0.3) is 0 Å². The van der Waals surface area contributed by atoms with Crippen molar-refractivity contribution in [2.45, 2.75) is 57.2 Å². The fourth-order valence-electron chi connectivity index (χ4n) is 5.72. The van der Waals surface area contributed by atoms with Gasteiger partial charge in [-0.25, -0.2) is 9.97 Å². The Morgan fingerprint density at radius 2 is 1.81 bits per heavy atom. The Balaban J connectivity index is 1.10. The molecule has 0 radical (unpaired) electrons. The lowest BCUT2D eigenvalue weighted by Crippen LogP contribution is -2.43. The number of nitrogens with zero attached hydrogens (tertiary/aromatic N) is 5. The topological polar surface area (TPSA) is 88.0 Å². The molecule has 2 aromatic carbocycles. The minimum atomic E-state index is 0.0866. The van der Waals surface area contributed by atoms with Gasteiger partial charge in [0.2, 0.25) is 11.9 Å². The second kappa shape index (κ2) is 10.3. The summed E-state index contributed by atoms with van der Waals surface area (Å²) in [7, 11) is 0. The van der Waals surface area contributed by atoms with E-state index >= 15 is 0 Å². The molecule has 37 heavy (non-hydrogen) atoms. The quantitative estimate of drug-likeness (QED) is 0.399. The molecule has 1 aliphatic heterocycles. The number of hydrogen-bond acceptors (Lipinski definition) is 6. The van der Waals surface area contributed by atoms with Gasteiger partial charge in [0.15, 0.2) is 0 Å². The molecule has 8 nitrogen and oxygen atoms in total. The Hall–Kier alpha value is -3.78. The molecule has 0 bridgehead atoms. The summed E-state index contributed by atoms with van der Waals surface area (Å²) in [5, 5.41) is 12.5. The summed E-state index contributed by atoms with van der Waals surface area (Å²) in [5.41, 5.74) is 4.13. The number of hydrogen-bond donors (Lipinski definition) is 2. The van der Waals surface area contributed by atoms with Crippen molar-refractivity contribution in [3.8, 4) is 11.1 Å². The summed E-state index contributed by atoms with van der Waals surface area (Å²) in [5.74, 6) is 0.761. The molecule has 1 atom stereocenters. The first kappa shape index (κ1) is 23.6. The van der Waals surface area contributed by atoms with Crippen molar-refractivity contribution in [2.24, 2.45) is 0 Å². The van der Waals surface area contributed by atoms with Crippen LogP contribution in [0.15, 0.2) is 67.1 Å². The van der Waals surface area contributed by atoms with Crippen LogP contribution in [0.25, 0.3) is 22.0 Å². The number of fused-ring (bicyclic) bond motifs is 1. The molecule has 1 unspecified atom stereocenters. The Morgan fingerprint density at radius 3 is 2.57 bits per heavy atom. The Labute approximate surface area is 217 Å². The Bertz CT molecular complexity index is 1370. The van der Waals surface area contributed by atoms with Crippen LogP contribution in [0.4, 0.5) is 11.6 Å². The lowest BCUT2D eigenvalue weighted by molar-refractivity contribution is -0.117. The van der Waals surface area contributed by atoms with Crippen LogP contribution in [0.1, 0.15) is 45.1 Å². The highest BCUT2D eigenvalue weighted by Gasteiger charge is 2.29. The van der Waals surface area contributed by atoms with Crippen molar-refractivity contribution in [3.63, 3.8) is 0 Å². The highest BCUT2D eigenvalue weighted by molar-refractivity contribution is 5.92. The van der Waals surface area contributed by atoms with Gasteiger partial charge >= 0.3 is 0 Å². The molecular weight excluding hydrogens is 462 g/mol. The molecule has 190 valence electrons. The monoisotopic (exact) mass is 495 g/mol. The average Bonchev–Trinajstić information content (AvgIpc) is 3.63. The summed E-state index contributed by atoms with van der Waals surface area (Å²) in [6, 6.07) is 17.3. The fraction of sp³-hybridized carbons (Fsp3) is 0.379. The van der Waals surface area contributed by atoms with Gasteiger partial charge in [0.05, 0.1) is 17.8 Å². The normalized spacial score (nSPS) is 21.7. The molecule has 3 heterocycles. The summed E-state index contributed by atoms with van der Waals surface area (Å²) in [4.78, 5) is 23.8. The number of anilines is 2. The molecule has 1 saturated carbocycles. The largest absolute Gasteiger partial charge is 0.351 e. The Morgan fingerprint density at radius 1 is 1.00 bits per heavy atom. The van der Waals surface area contributed by atoms with Crippen LogP contribution >= 0.6 is 0 Å². The summed E-state index contributed by atoms with van der Waals surface area (Å²) in [6.45, 7) is 3.69. The zero-order valence-corrected chi connectivity index (χ0v) is 21.2. The SMILES string of the molecule is CC(=O)N(c1ccc(-c2cnn(C3CCNC3)c2)cc1)C1CCC(Nc2ncc3ccccc3n2)CC1. The van der Waals surface area contributed by atoms with Gasteiger partial charge in [-0.15, -0.1) is 0 Å². The maximum absolute atomic E-state index is 12.7. The van der Waals surface area contributed by atoms with Gasteiger partial charge in [0, 0.05) is 54.6 Å². The van der Waals surface area contributed by atoms with Crippen LogP contribution in [0.5, 0.6) is 0 Å². The van der Waals surface area contributed by atoms with E-state index in [4.69, 9.17) is 0 Å². The molecule has 1 saturated heterocycles. The third-order valence-electron chi connectivity index (χ3n) is 7.71. The maximum atomic E-state index is 12.7. The third-order valence-corrected chi connectivity index (χ3v) is 7.71. The van der Waals surface area contributed by atoms with E-state index in [1.165, 1.54) is 0 Å². The van der Waals surface area contributed by atoms with Crippen molar-refractivity contribution in [1.82, 2.24) is 25.1 Å². The first-order chi connectivity index (χ1) is 18.1. The first-order valence-electron chi connectivity index (χ1n) is 13.3. The van der Waals surface area contributed by atoms with E-state index < -0.39 is 0 Å². The minimum absolute atomic E-state index is 0.0866. The van der Waals surface area contributed by atoms with Crippen molar-refractivity contribution in [2.75, 3.05) is 23.3 Å². The van der Waals surface area contributed by atoms with Crippen LogP contribution in [-0.2, 0) is 4.79 Å². The minimum Gasteiger partial charge on any atom is -0.351 e. The van der Waals surface area contributed by atoms with Crippen molar-refractivity contribution in [1.29, 1.82) is 0 Å². The number of amides is 1. The molecule has 8 heteroatoms. The molecule has 2 N–H and O–H groups in total. The summed E-state index contributed by atoms with van der Waals surface area (Å²) >= 11 is 0. The molecule has 0 spiro atoms. The van der Waals surface area contributed by atoms with E-state index in [-0.39, 0.29) is 11.9 Å². The van der Waals surface area contributed by atoms with Crippen LogP contribution < -0.4 is 15.5 Å². The highest BCUT2D eigenvalue weighted by Crippen LogP contribution is 2.31. The van der Waals surface area contributed by atoms with Crippen LogP contribution in [0.2, 0.25) is 0 Å². The lowest BCUT2D eigenvalue weighted by atomic mass is 9.89. The maximum Gasteiger partial charge on any atom is 0.224 e. The van der Waals surface area contributed by atoms with E-state index in [0.29, 0.717) is 18.0 Å². The van der Waals surface area contributed by atoms with Gasteiger partial charge in [-0.3, -0.25) is 9.48 Å². The molecule has 2 fully saturated rings. The second-order valence-corrected chi connectivity index (χ2v) is 10.2. The molecule has 1 aliphatic carbocycles. The van der Waals surface area contributed by atoms with Crippen LogP contribution in [0, 0.1) is 0 Å². The standard InChI is InChI=1S/C29H33N7O/c1-20(37)36(25-10-6-21(7-11-25)23-17-32-35(19-23)27-14-15-30-18-27)26-12-8-24(9-13-26)33-29-31-16-22-4-2-3-5-28(22)34-29/h2-7,10-11,16-17,19,24,26-27,30H,8-9,12-15,18H2,1H3,(H,31,33,34). The number of nitrogens with one attached hydrogen (secondary N) is 2. The highest BCUT2D eigenvalue weighted by atomic mass is 16.2. The second-order valence-electron chi connectivity index (χ2n) is 10.2. The van der Waals surface area contributed by atoms with E-state index in [9.17, 15) is 4.79 Å². The van der Waals surface area contributed by atoms with Crippen LogP contribution in [-0.4, -0.2) is 50.8 Å². The molecule has 6 rings (SSSR count). The Kier molecular flexibility index (Phi) is 6.57. The number of carbonyl (C=O) groups is 1. The van der Waals surface area contributed by atoms with Gasteiger partial charge in [0.1, 0.15) is 0 Å². The van der Waals surface area contributed by atoms with E-state index in [1.807, 2.05) is 41.6 Å². The predicted molar refractivity (Wildman–Crippen MR) is 147 cm³/mol. The molecule has 4 aromatic rings. The van der Waals surface area contributed by atoms with Crippen molar-refractivity contribution in [3.05, 3.63) is 67.1 Å². The van der Waals surface area contributed by atoms with E-state index in [0.717, 1.165) is 72.9 Å². The fourth-order valence-corrected chi connectivity index (χ4v) is 5.72. The molecule has 1 amide bonds. The zero-order chi connectivity index (χ0) is 25.2. The molecule has 2 aromatic heterocycles. The van der Waals surface area contributed by atoms with E-state index in [1.54, 1.807) is 6.92 Å². The summed E-state index contributed by atoms with van der Waals surface area (Å²) < 4.78 is 2.07. The predicted octanol–water partition coefficient (Wildman–Crippen LogP) is 4.80. The smallest absolute Gasteiger partial charge is 0.224 e. The zero-order valence-electron chi connectivity index (χ0n) is 21.2. The summed E-state index contributed by atoms with van der Waals surface area (Å²) in [6.07, 6.45) is 10.9. The first-order valence-corrected chi connectivity index (χ1v) is 13.3. The van der Waals surface area contributed by atoms with Crippen LogP contribution in [0.3, 0.4) is 0 Å². The van der Waals surface area contributed by atoms with Gasteiger partial charge in [-0.05, 0) is 62.4 Å². The number of benzene rings is 2. The van der Waals surface area contributed by atoms with Gasteiger partial charge in [-0.1, -0.05) is 30.3 Å².